The second kappa shape index (κ2) is 14.3. The zero-order valence-electron chi connectivity index (χ0n) is 25.3. The molecule has 1 aliphatic rings. The Balaban J connectivity index is 2.05. The molecule has 45 heavy (non-hydrogen) atoms. The number of nitriles is 1. The Kier molecular flexibility index (Phi) is 10.5. The summed E-state index contributed by atoms with van der Waals surface area (Å²) in [6.45, 7) is 6.17. The maximum Gasteiger partial charge on any atom is 0.303 e. The molecule has 0 amide bonds. The first-order valence-corrected chi connectivity index (χ1v) is 14.4. The summed E-state index contributed by atoms with van der Waals surface area (Å²) in [6, 6.07) is 20.7. The van der Waals surface area contributed by atoms with Crippen LogP contribution >= 0.6 is 12.2 Å². The Hall–Kier alpha value is -4.86. The fraction of sp³-hybridized carbons (Fsp3) is 0.333. The summed E-state index contributed by atoms with van der Waals surface area (Å²) < 4.78 is 30.1. The van der Waals surface area contributed by atoms with E-state index in [2.05, 4.69) is 6.07 Å². The van der Waals surface area contributed by atoms with Gasteiger partial charge in [0.15, 0.2) is 24.5 Å². The summed E-state index contributed by atoms with van der Waals surface area (Å²) in [5.74, 6) is -2.90. The molecular formula is C33H32N2O9S. The lowest BCUT2D eigenvalue weighted by molar-refractivity contribution is -0.268. The van der Waals surface area contributed by atoms with E-state index < -0.39 is 61.1 Å². The molecule has 1 aromatic heterocycles. The Morgan fingerprint density at radius 2 is 1.40 bits per heavy atom. The van der Waals surface area contributed by atoms with Crippen LogP contribution in [-0.2, 0) is 42.9 Å². The van der Waals surface area contributed by atoms with Gasteiger partial charge in [-0.25, -0.2) is 0 Å². The average Bonchev–Trinajstić information content (AvgIpc) is 2.98. The highest BCUT2D eigenvalue weighted by Gasteiger charge is 2.53. The third-order valence-electron chi connectivity index (χ3n) is 7.01. The van der Waals surface area contributed by atoms with Crippen molar-refractivity contribution in [2.24, 2.45) is 0 Å². The summed E-state index contributed by atoms with van der Waals surface area (Å²) in [4.78, 5) is 48.9. The van der Waals surface area contributed by atoms with E-state index in [0.717, 1.165) is 31.9 Å². The van der Waals surface area contributed by atoms with Gasteiger partial charge in [-0.15, -0.1) is 0 Å². The summed E-state index contributed by atoms with van der Waals surface area (Å²) in [6.07, 6.45) is -6.73. The van der Waals surface area contributed by atoms with E-state index in [1.165, 1.54) is 11.5 Å². The van der Waals surface area contributed by atoms with Gasteiger partial charge in [0.05, 0.1) is 11.3 Å². The molecule has 2 aromatic carbocycles. The molecule has 0 unspecified atom stereocenters. The highest BCUT2D eigenvalue weighted by molar-refractivity contribution is 7.71. The fourth-order valence-electron chi connectivity index (χ4n) is 5.19. The van der Waals surface area contributed by atoms with Crippen molar-refractivity contribution in [1.29, 1.82) is 5.26 Å². The first-order chi connectivity index (χ1) is 21.4. The first kappa shape index (κ1) is 33.0. The standard InChI is InChI=1S/C33H32N2O9S/c1-18-11-13-24(14-12-18)27-15-25(23-9-7-6-8-10-23)26(16-34)33(45)35(27)32-31(43-22(5)39)30(42-21(4)38)29(41-20(3)37)28(44-32)17-40-19(2)36/h6-15,28-32H,17H2,1-5H3/t28-,29-,30-,31-,32-/m0/s1. The van der Waals surface area contributed by atoms with E-state index in [9.17, 15) is 24.4 Å². The molecule has 0 bridgehead atoms. The number of benzene rings is 2. The number of rotatable bonds is 8. The van der Waals surface area contributed by atoms with Gasteiger partial charge in [0.25, 0.3) is 0 Å². The highest BCUT2D eigenvalue weighted by Crippen LogP contribution is 2.40. The van der Waals surface area contributed by atoms with Crippen molar-refractivity contribution in [2.75, 3.05) is 6.61 Å². The number of aryl methyl sites for hydroxylation is 1. The smallest absolute Gasteiger partial charge is 0.303 e. The molecule has 1 saturated heterocycles. The Labute approximate surface area is 265 Å². The van der Waals surface area contributed by atoms with Crippen molar-refractivity contribution in [3.63, 3.8) is 0 Å². The van der Waals surface area contributed by atoms with Crippen LogP contribution in [0.15, 0.2) is 60.7 Å². The molecule has 3 aromatic rings. The lowest BCUT2D eigenvalue weighted by atomic mass is 9.95. The largest absolute Gasteiger partial charge is 0.463 e. The van der Waals surface area contributed by atoms with Crippen LogP contribution in [0.2, 0.25) is 0 Å². The Morgan fingerprint density at radius 1 is 0.822 bits per heavy atom. The maximum atomic E-state index is 12.5. The zero-order chi connectivity index (χ0) is 32.8. The van der Waals surface area contributed by atoms with Crippen LogP contribution in [0.25, 0.3) is 22.4 Å². The molecule has 0 saturated carbocycles. The zero-order valence-corrected chi connectivity index (χ0v) is 26.2. The first-order valence-electron chi connectivity index (χ1n) is 14.0. The van der Waals surface area contributed by atoms with Gasteiger partial charge in [-0.1, -0.05) is 72.4 Å². The van der Waals surface area contributed by atoms with Gasteiger partial charge in [-0.3, -0.25) is 19.2 Å². The molecule has 1 aliphatic heterocycles. The summed E-state index contributed by atoms with van der Waals surface area (Å²) in [5.41, 5.74) is 3.59. The van der Waals surface area contributed by atoms with Crippen molar-refractivity contribution in [1.82, 2.24) is 4.57 Å². The van der Waals surface area contributed by atoms with E-state index in [4.69, 9.17) is 35.9 Å². The van der Waals surface area contributed by atoms with E-state index in [1.54, 1.807) is 6.07 Å². The van der Waals surface area contributed by atoms with Gasteiger partial charge in [-0.05, 0) is 24.1 Å². The number of carbonyl (C=O) groups excluding carboxylic acids is 4. The molecule has 5 atom stereocenters. The molecule has 4 rings (SSSR count). The minimum absolute atomic E-state index is 0.0373. The minimum Gasteiger partial charge on any atom is -0.463 e. The molecular weight excluding hydrogens is 600 g/mol. The van der Waals surface area contributed by atoms with Crippen LogP contribution < -0.4 is 0 Å². The van der Waals surface area contributed by atoms with Gasteiger partial charge in [0.1, 0.15) is 23.4 Å². The molecule has 234 valence electrons. The number of ether oxygens (including phenoxy) is 5. The van der Waals surface area contributed by atoms with Crippen LogP contribution in [0.3, 0.4) is 0 Å². The van der Waals surface area contributed by atoms with Gasteiger partial charge in [0.2, 0.25) is 0 Å². The normalized spacial score (nSPS) is 20.8. The van der Waals surface area contributed by atoms with Crippen molar-refractivity contribution in [2.45, 2.75) is 65.3 Å². The van der Waals surface area contributed by atoms with Crippen LogP contribution in [0.5, 0.6) is 0 Å². The lowest BCUT2D eigenvalue weighted by Crippen LogP contribution is -2.60. The molecule has 12 heteroatoms. The number of pyridine rings is 1. The lowest BCUT2D eigenvalue weighted by Gasteiger charge is -2.45. The summed E-state index contributed by atoms with van der Waals surface area (Å²) in [5, 5.41) is 10.4. The van der Waals surface area contributed by atoms with Gasteiger partial charge >= 0.3 is 23.9 Å². The van der Waals surface area contributed by atoms with Crippen molar-refractivity contribution >= 4 is 36.1 Å². The molecule has 0 radical (unpaired) electrons. The van der Waals surface area contributed by atoms with E-state index in [0.29, 0.717) is 16.8 Å². The van der Waals surface area contributed by atoms with E-state index in [1.807, 2.05) is 61.5 Å². The van der Waals surface area contributed by atoms with Crippen LogP contribution in [0.1, 0.15) is 45.0 Å². The second-order valence-corrected chi connectivity index (χ2v) is 10.8. The Morgan fingerprint density at radius 3 is 1.96 bits per heavy atom. The maximum absolute atomic E-state index is 12.5. The number of carbonyl (C=O) groups is 4. The van der Waals surface area contributed by atoms with Crippen molar-refractivity contribution < 1.29 is 42.9 Å². The van der Waals surface area contributed by atoms with Crippen LogP contribution in [0.4, 0.5) is 0 Å². The minimum atomic E-state index is -1.42. The van der Waals surface area contributed by atoms with Crippen molar-refractivity contribution in [3.8, 4) is 28.5 Å². The summed E-state index contributed by atoms with van der Waals surface area (Å²) >= 11 is 5.95. The van der Waals surface area contributed by atoms with Gasteiger partial charge < -0.3 is 28.3 Å². The van der Waals surface area contributed by atoms with Crippen LogP contribution in [-0.4, -0.2) is 59.5 Å². The Bertz CT molecular complexity index is 1700. The number of aromatic nitrogens is 1. The highest BCUT2D eigenvalue weighted by atomic mass is 32.1. The van der Waals surface area contributed by atoms with E-state index in [-0.39, 0.29) is 10.2 Å². The predicted octanol–water partition coefficient (Wildman–Crippen LogP) is 4.99. The molecule has 0 N–H and O–H groups in total. The fourth-order valence-corrected chi connectivity index (χ4v) is 5.55. The second-order valence-electron chi connectivity index (χ2n) is 10.4. The number of nitrogens with zero attached hydrogens (tertiary/aromatic N) is 2. The van der Waals surface area contributed by atoms with Crippen molar-refractivity contribution in [3.05, 3.63) is 76.4 Å². The topological polar surface area (TPSA) is 143 Å². The SMILES string of the molecule is CC(=O)OC[C@@H]1O[C@H](n2c(-c3ccc(C)cc3)cc(-c3ccccc3)c(C#N)c2=S)[C@@H](OC(C)=O)[C@@H](OC(C)=O)[C@H]1OC(C)=O. The number of hydrogen-bond donors (Lipinski definition) is 0. The van der Waals surface area contributed by atoms with Crippen LogP contribution in [0, 0.1) is 22.9 Å². The average molecular weight is 633 g/mol. The molecule has 0 spiro atoms. The predicted molar refractivity (Wildman–Crippen MR) is 163 cm³/mol. The number of hydrogen-bond acceptors (Lipinski definition) is 11. The third kappa shape index (κ3) is 7.63. The number of esters is 4. The molecule has 2 heterocycles. The third-order valence-corrected chi connectivity index (χ3v) is 7.41. The molecule has 0 aliphatic carbocycles. The summed E-state index contributed by atoms with van der Waals surface area (Å²) in [7, 11) is 0. The van der Waals surface area contributed by atoms with E-state index >= 15 is 0 Å². The monoisotopic (exact) mass is 632 g/mol. The van der Waals surface area contributed by atoms with Gasteiger partial charge in [0, 0.05) is 33.3 Å². The quantitative estimate of drug-likeness (QED) is 0.188. The van der Waals surface area contributed by atoms with Gasteiger partial charge in [-0.2, -0.15) is 5.26 Å². The molecule has 11 nitrogen and oxygen atoms in total. The molecule has 1 fully saturated rings.